The third kappa shape index (κ3) is 2.29. The molecule has 0 amide bonds. The van der Waals surface area contributed by atoms with Gasteiger partial charge in [0, 0.05) is 5.56 Å². The third-order valence-electron chi connectivity index (χ3n) is 4.50. The fraction of sp³-hybridized carbons (Fsp3) is 0.316. The van der Waals surface area contributed by atoms with Crippen LogP contribution in [-0.2, 0) is 5.41 Å². The quantitative estimate of drug-likeness (QED) is 0.730. The van der Waals surface area contributed by atoms with E-state index in [-0.39, 0.29) is 5.41 Å². The molecule has 0 aliphatic heterocycles. The molecule has 1 nitrogen and oxygen atoms in total. The lowest BCUT2D eigenvalue weighted by molar-refractivity contribution is 0.0839. The van der Waals surface area contributed by atoms with Gasteiger partial charge in [-0.15, -0.1) is 0 Å². The Labute approximate surface area is 120 Å². The van der Waals surface area contributed by atoms with Gasteiger partial charge in [-0.1, -0.05) is 79.9 Å². The van der Waals surface area contributed by atoms with Gasteiger partial charge >= 0.3 is 0 Å². The lowest BCUT2D eigenvalue weighted by Gasteiger charge is -2.36. The highest BCUT2D eigenvalue weighted by Crippen LogP contribution is 2.41. The summed E-state index contributed by atoms with van der Waals surface area (Å²) in [6.07, 6.45) is 5.49. The van der Waals surface area contributed by atoms with E-state index in [2.05, 4.69) is 12.1 Å². The normalized spacial score (nSPS) is 17.6. The van der Waals surface area contributed by atoms with E-state index in [4.69, 9.17) is 0 Å². The summed E-state index contributed by atoms with van der Waals surface area (Å²) >= 11 is 0. The first kappa shape index (κ1) is 13.1. The lowest BCUT2D eigenvalue weighted by atomic mass is 9.65. The molecule has 102 valence electrons. The van der Waals surface area contributed by atoms with Crippen LogP contribution in [0.3, 0.4) is 0 Å². The maximum Gasteiger partial charge on any atom is 0.173 e. The molecule has 0 radical (unpaired) electrons. The van der Waals surface area contributed by atoms with Crippen LogP contribution in [0.4, 0.5) is 0 Å². The van der Waals surface area contributed by atoms with E-state index in [9.17, 15) is 4.79 Å². The second kappa shape index (κ2) is 5.62. The number of benzene rings is 2. The second-order valence-electron chi connectivity index (χ2n) is 5.70. The number of carbonyl (C=O) groups is 1. The SMILES string of the molecule is O=C(c1ccccc1)C1(c2ccccc2)CCCCC1. The smallest absolute Gasteiger partial charge is 0.173 e. The molecule has 0 unspecified atom stereocenters. The third-order valence-corrected chi connectivity index (χ3v) is 4.50. The van der Waals surface area contributed by atoms with E-state index in [1.54, 1.807) is 0 Å². The van der Waals surface area contributed by atoms with Gasteiger partial charge in [0.2, 0.25) is 0 Å². The van der Waals surface area contributed by atoms with Gasteiger partial charge in [-0.25, -0.2) is 0 Å². The molecular weight excluding hydrogens is 244 g/mol. The van der Waals surface area contributed by atoms with Crippen LogP contribution < -0.4 is 0 Å². The molecule has 20 heavy (non-hydrogen) atoms. The number of carbonyl (C=O) groups excluding carboxylic acids is 1. The van der Waals surface area contributed by atoms with E-state index in [0.29, 0.717) is 5.78 Å². The summed E-state index contributed by atoms with van der Waals surface area (Å²) in [7, 11) is 0. The van der Waals surface area contributed by atoms with Gasteiger partial charge in [-0.05, 0) is 18.4 Å². The molecule has 2 aromatic carbocycles. The Morgan fingerprint density at radius 1 is 0.750 bits per heavy atom. The zero-order chi connectivity index (χ0) is 13.8. The summed E-state index contributed by atoms with van der Waals surface area (Å²) in [5.74, 6) is 0.295. The zero-order valence-corrected chi connectivity index (χ0v) is 11.7. The number of hydrogen-bond donors (Lipinski definition) is 0. The Morgan fingerprint density at radius 2 is 1.30 bits per heavy atom. The van der Waals surface area contributed by atoms with Crippen molar-refractivity contribution >= 4 is 5.78 Å². The summed E-state index contributed by atoms with van der Waals surface area (Å²) in [4.78, 5) is 13.1. The van der Waals surface area contributed by atoms with Crippen LogP contribution in [-0.4, -0.2) is 5.78 Å². The molecule has 0 aromatic heterocycles. The Hall–Kier alpha value is -1.89. The van der Waals surface area contributed by atoms with Crippen molar-refractivity contribution in [2.24, 2.45) is 0 Å². The fourth-order valence-corrected chi connectivity index (χ4v) is 3.43. The van der Waals surface area contributed by atoms with Crippen molar-refractivity contribution in [3.63, 3.8) is 0 Å². The molecule has 0 heterocycles. The molecule has 0 saturated heterocycles. The van der Waals surface area contributed by atoms with Gasteiger partial charge in [0.25, 0.3) is 0 Å². The minimum Gasteiger partial charge on any atom is -0.293 e. The largest absolute Gasteiger partial charge is 0.293 e. The molecule has 3 rings (SSSR count). The van der Waals surface area contributed by atoms with Crippen LogP contribution in [0.25, 0.3) is 0 Å². The topological polar surface area (TPSA) is 17.1 Å². The highest BCUT2D eigenvalue weighted by atomic mass is 16.1. The van der Waals surface area contributed by atoms with Crippen LogP contribution in [0, 0.1) is 0 Å². The summed E-state index contributed by atoms with van der Waals surface area (Å²) in [5.41, 5.74) is 1.73. The molecule has 1 fully saturated rings. The number of rotatable bonds is 3. The summed E-state index contributed by atoms with van der Waals surface area (Å²) in [5, 5.41) is 0. The predicted molar refractivity (Wildman–Crippen MR) is 82.0 cm³/mol. The summed E-state index contributed by atoms with van der Waals surface area (Å²) in [6.45, 7) is 0. The van der Waals surface area contributed by atoms with Crippen LogP contribution in [0.15, 0.2) is 60.7 Å². The van der Waals surface area contributed by atoms with Crippen molar-refractivity contribution < 1.29 is 4.79 Å². The van der Waals surface area contributed by atoms with E-state index in [1.165, 1.54) is 12.0 Å². The van der Waals surface area contributed by atoms with Crippen LogP contribution in [0.1, 0.15) is 48.0 Å². The van der Waals surface area contributed by atoms with E-state index in [1.807, 2.05) is 48.5 Å². The number of hydrogen-bond acceptors (Lipinski definition) is 1. The van der Waals surface area contributed by atoms with Crippen LogP contribution in [0.5, 0.6) is 0 Å². The lowest BCUT2D eigenvalue weighted by Crippen LogP contribution is -2.38. The predicted octanol–water partition coefficient (Wildman–Crippen LogP) is 4.77. The number of Topliss-reactive ketones (excluding diaryl/α,β-unsaturated/α-hetero) is 1. The van der Waals surface area contributed by atoms with Crippen molar-refractivity contribution in [3.05, 3.63) is 71.8 Å². The average molecular weight is 264 g/mol. The summed E-state index contributed by atoms with van der Waals surface area (Å²) in [6, 6.07) is 20.1. The Balaban J connectivity index is 2.05. The first-order valence-corrected chi connectivity index (χ1v) is 7.48. The molecule has 0 N–H and O–H groups in total. The van der Waals surface area contributed by atoms with Gasteiger partial charge in [-0.3, -0.25) is 4.79 Å². The standard InChI is InChI=1S/C19H20O/c20-18(16-10-4-1-5-11-16)19(14-8-3-9-15-19)17-12-6-2-7-13-17/h1-2,4-7,10-13H,3,8-9,14-15H2. The highest BCUT2D eigenvalue weighted by Gasteiger charge is 2.41. The first-order chi connectivity index (χ1) is 9.83. The molecule has 0 bridgehead atoms. The first-order valence-electron chi connectivity index (χ1n) is 7.48. The van der Waals surface area contributed by atoms with Gasteiger partial charge in [0.05, 0.1) is 5.41 Å². The van der Waals surface area contributed by atoms with Crippen molar-refractivity contribution in [2.45, 2.75) is 37.5 Å². The molecule has 1 aliphatic rings. The van der Waals surface area contributed by atoms with Crippen molar-refractivity contribution in [1.29, 1.82) is 0 Å². The minimum atomic E-state index is -0.305. The Kier molecular flexibility index (Phi) is 3.68. The highest BCUT2D eigenvalue weighted by molar-refractivity contribution is 6.04. The van der Waals surface area contributed by atoms with Gasteiger partial charge in [0.15, 0.2) is 5.78 Å². The van der Waals surface area contributed by atoms with Crippen LogP contribution in [0.2, 0.25) is 0 Å². The number of ketones is 1. The Bertz CT molecular complexity index is 565. The summed E-state index contributed by atoms with van der Waals surface area (Å²) < 4.78 is 0. The van der Waals surface area contributed by atoms with Gasteiger partial charge in [0.1, 0.15) is 0 Å². The average Bonchev–Trinajstić information content (AvgIpc) is 2.56. The maximum atomic E-state index is 13.1. The molecule has 2 aromatic rings. The van der Waals surface area contributed by atoms with Crippen molar-refractivity contribution in [1.82, 2.24) is 0 Å². The van der Waals surface area contributed by atoms with E-state index < -0.39 is 0 Å². The van der Waals surface area contributed by atoms with Gasteiger partial charge < -0.3 is 0 Å². The van der Waals surface area contributed by atoms with Crippen LogP contribution >= 0.6 is 0 Å². The minimum absolute atomic E-state index is 0.295. The van der Waals surface area contributed by atoms with Gasteiger partial charge in [-0.2, -0.15) is 0 Å². The molecule has 0 spiro atoms. The monoisotopic (exact) mass is 264 g/mol. The second-order valence-corrected chi connectivity index (χ2v) is 5.70. The molecule has 1 aliphatic carbocycles. The molecule has 1 heteroatoms. The molecular formula is C19H20O. The zero-order valence-electron chi connectivity index (χ0n) is 11.7. The van der Waals surface area contributed by atoms with E-state index in [0.717, 1.165) is 31.2 Å². The van der Waals surface area contributed by atoms with Crippen molar-refractivity contribution in [3.8, 4) is 0 Å². The van der Waals surface area contributed by atoms with E-state index >= 15 is 0 Å². The molecule has 1 saturated carbocycles. The molecule has 0 atom stereocenters. The fourth-order valence-electron chi connectivity index (χ4n) is 3.43. The van der Waals surface area contributed by atoms with Crippen molar-refractivity contribution in [2.75, 3.05) is 0 Å². The maximum absolute atomic E-state index is 13.1. The Morgan fingerprint density at radius 3 is 1.90 bits per heavy atom.